The largest absolute Gasteiger partial charge is 0.466 e. The molecule has 2 unspecified atom stereocenters. The summed E-state index contributed by atoms with van der Waals surface area (Å²) in [6, 6.07) is -0.791. The second kappa shape index (κ2) is 7.22. The highest BCUT2D eigenvalue weighted by Gasteiger charge is 2.20. The lowest BCUT2D eigenvalue weighted by Crippen LogP contribution is -2.47. The van der Waals surface area contributed by atoms with Crippen molar-refractivity contribution in [2.75, 3.05) is 6.61 Å². The van der Waals surface area contributed by atoms with Gasteiger partial charge in [-0.1, -0.05) is 13.8 Å². The molecule has 0 aromatic heterocycles. The second-order valence-electron chi connectivity index (χ2n) is 4.19. The van der Waals surface area contributed by atoms with Crippen LogP contribution in [-0.4, -0.2) is 30.6 Å². The average molecular weight is 230 g/mol. The summed E-state index contributed by atoms with van der Waals surface area (Å²) < 4.78 is 4.78. The van der Waals surface area contributed by atoms with Gasteiger partial charge in [-0.3, -0.25) is 9.59 Å². The minimum atomic E-state index is -0.537. The molecule has 0 aromatic carbocycles. The van der Waals surface area contributed by atoms with E-state index in [2.05, 4.69) is 5.32 Å². The van der Waals surface area contributed by atoms with Crippen molar-refractivity contribution in [3.8, 4) is 0 Å². The van der Waals surface area contributed by atoms with Crippen molar-refractivity contribution >= 4 is 11.9 Å². The van der Waals surface area contributed by atoms with E-state index in [1.165, 1.54) is 0 Å². The Kier molecular flexibility index (Phi) is 6.72. The lowest BCUT2D eigenvalue weighted by molar-refractivity contribution is -0.143. The van der Waals surface area contributed by atoms with E-state index in [-0.39, 0.29) is 30.3 Å². The average Bonchev–Trinajstić information content (AvgIpc) is 2.16. The highest BCUT2D eigenvalue weighted by Crippen LogP contribution is 2.00. The van der Waals surface area contributed by atoms with Gasteiger partial charge in [0.05, 0.1) is 19.1 Å². The molecular weight excluding hydrogens is 208 g/mol. The fourth-order valence-electron chi connectivity index (χ4n) is 1.16. The molecule has 0 saturated carbocycles. The number of carbonyl (C=O) groups is 2. The van der Waals surface area contributed by atoms with Crippen LogP contribution in [0.15, 0.2) is 0 Å². The molecule has 2 atom stereocenters. The Morgan fingerprint density at radius 2 is 1.88 bits per heavy atom. The van der Waals surface area contributed by atoms with Crippen LogP contribution in [0, 0.1) is 5.92 Å². The minimum absolute atomic E-state index is 0.0785. The number of hydrogen-bond acceptors (Lipinski definition) is 4. The normalized spacial score (nSPS) is 14.4. The zero-order chi connectivity index (χ0) is 12.7. The highest BCUT2D eigenvalue weighted by molar-refractivity contribution is 5.82. The van der Waals surface area contributed by atoms with Gasteiger partial charge in [0, 0.05) is 6.04 Å². The number of rotatable bonds is 6. The van der Waals surface area contributed by atoms with E-state index in [1.54, 1.807) is 13.8 Å². The lowest BCUT2D eigenvalue weighted by Gasteiger charge is -2.19. The molecule has 5 nitrogen and oxygen atoms in total. The van der Waals surface area contributed by atoms with Crippen LogP contribution >= 0.6 is 0 Å². The van der Waals surface area contributed by atoms with Gasteiger partial charge in [0.2, 0.25) is 5.91 Å². The number of ether oxygens (including phenoxy) is 1. The molecule has 0 aliphatic carbocycles. The molecule has 0 radical (unpaired) electrons. The molecule has 3 N–H and O–H groups in total. The van der Waals surface area contributed by atoms with Crippen molar-refractivity contribution in [1.29, 1.82) is 0 Å². The zero-order valence-electron chi connectivity index (χ0n) is 10.4. The van der Waals surface area contributed by atoms with Crippen molar-refractivity contribution in [2.24, 2.45) is 11.7 Å². The van der Waals surface area contributed by atoms with Gasteiger partial charge >= 0.3 is 5.97 Å². The molecule has 5 heteroatoms. The third-order valence-corrected chi connectivity index (χ3v) is 2.19. The van der Waals surface area contributed by atoms with Crippen LogP contribution in [0.3, 0.4) is 0 Å². The summed E-state index contributed by atoms with van der Waals surface area (Å²) in [5.74, 6) is -0.463. The summed E-state index contributed by atoms with van der Waals surface area (Å²) in [6.45, 7) is 7.60. The van der Waals surface area contributed by atoms with Crippen molar-refractivity contribution in [2.45, 2.75) is 46.2 Å². The molecule has 0 aliphatic heterocycles. The van der Waals surface area contributed by atoms with E-state index < -0.39 is 6.04 Å². The third kappa shape index (κ3) is 5.70. The van der Waals surface area contributed by atoms with Crippen LogP contribution < -0.4 is 11.1 Å². The molecule has 0 aliphatic rings. The fraction of sp³-hybridized carbons (Fsp3) is 0.818. The van der Waals surface area contributed by atoms with Gasteiger partial charge in [-0.2, -0.15) is 0 Å². The zero-order valence-corrected chi connectivity index (χ0v) is 10.4. The van der Waals surface area contributed by atoms with Crippen LogP contribution in [-0.2, 0) is 14.3 Å². The van der Waals surface area contributed by atoms with Crippen LogP contribution in [0.1, 0.15) is 34.1 Å². The molecule has 0 aromatic rings. The maximum absolute atomic E-state index is 11.5. The fourth-order valence-corrected chi connectivity index (χ4v) is 1.16. The predicted octanol–water partition coefficient (Wildman–Crippen LogP) is 0.428. The number of carbonyl (C=O) groups excluding carboxylic acids is 2. The maximum Gasteiger partial charge on any atom is 0.307 e. The molecule has 0 bridgehead atoms. The van der Waals surface area contributed by atoms with E-state index in [9.17, 15) is 9.59 Å². The van der Waals surface area contributed by atoms with Gasteiger partial charge in [-0.25, -0.2) is 0 Å². The third-order valence-electron chi connectivity index (χ3n) is 2.19. The Labute approximate surface area is 96.7 Å². The molecule has 0 saturated heterocycles. The number of hydrogen-bond donors (Lipinski definition) is 2. The Balaban J connectivity index is 4.00. The van der Waals surface area contributed by atoms with Crippen LogP contribution in [0.4, 0.5) is 0 Å². The van der Waals surface area contributed by atoms with Crippen LogP contribution in [0.25, 0.3) is 0 Å². The Bertz CT molecular complexity index is 241. The van der Waals surface area contributed by atoms with Gasteiger partial charge in [0.25, 0.3) is 0 Å². The van der Waals surface area contributed by atoms with Crippen LogP contribution in [0.2, 0.25) is 0 Å². The Hall–Kier alpha value is -1.10. The summed E-state index contributed by atoms with van der Waals surface area (Å²) in [5, 5.41) is 2.69. The number of esters is 1. The molecule has 94 valence electrons. The van der Waals surface area contributed by atoms with Crippen LogP contribution in [0.5, 0.6) is 0 Å². The topological polar surface area (TPSA) is 81.4 Å². The Morgan fingerprint density at radius 1 is 1.31 bits per heavy atom. The first-order valence-corrected chi connectivity index (χ1v) is 5.60. The smallest absolute Gasteiger partial charge is 0.307 e. The molecule has 0 heterocycles. The van der Waals surface area contributed by atoms with Gasteiger partial charge in [-0.15, -0.1) is 0 Å². The standard InChI is InChI=1S/C11H22N2O3/c1-5-16-9(14)6-8(4)13-11(15)10(12)7(2)3/h7-8,10H,5-6,12H2,1-4H3,(H,13,15). The molecule has 0 spiro atoms. The van der Waals surface area contributed by atoms with E-state index in [0.717, 1.165) is 0 Å². The van der Waals surface area contributed by atoms with Gasteiger partial charge in [0.1, 0.15) is 0 Å². The van der Waals surface area contributed by atoms with Gasteiger partial charge < -0.3 is 15.8 Å². The maximum atomic E-state index is 11.5. The summed E-state index contributed by atoms with van der Waals surface area (Å²) in [7, 11) is 0. The highest BCUT2D eigenvalue weighted by atomic mass is 16.5. The molecular formula is C11H22N2O3. The monoisotopic (exact) mass is 230 g/mol. The summed E-state index contributed by atoms with van der Waals surface area (Å²) in [5.41, 5.74) is 5.67. The van der Waals surface area contributed by atoms with Crippen molar-refractivity contribution in [3.63, 3.8) is 0 Å². The van der Waals surface area contributed by atoms with Crippen molar-refractivity contribution in [3.05, 3.63) is 0 Å². The van der Waals surface area contributed by atoms with Gasteiger partial charge in [0.15, 0.2) is 0 Å². The Morgan fingerprint density at radius 3 is 2.31 bits per heavy atom. The summed E-state index contributed by atoms with van der Waals surface area (Å²) in [6.07, 6.45) is 0.171. The van der Waals surface area contributed by atoms with Crippen molar-refractivity contribution < 1.29 is 14.3 Å². The molecule has 16 heavy (non-hydrogen) atoms. The van der Waals surface area contributed by atoms with Gasteiger partial charge in [-0.05, 0) is 19.8 Å². The quantitative estimate of drug-likeness (QED) is 0.648. The summed E-state index contributed by atoms with van der Waals surface area (Å²) in [4.78, 5) is 22.7. The first-order chi connectivity index (χ1) is 7.38. The first-order valence-electron chi connectivity index (χ1n) is 5.60. The summed E-state index contributed by atoms with van der Waals surface area (Å²) >= 11 is 0. The van der Waals surface area contributed by atoms with E-state index in [4.69, 9.17) is 10.5 Å². The predicted molar refractivity (Wildman–Crippen MR) is 61.7 cm³/mol. The first kappa shape index (κ1) is 14.9. The van der Waals surface area contributed by atoms with E-state index >= 15 is 0 Å². The minimum Gasteiger partial charge on any atom is -0.466 e. The van der Waals surface area contributed by atoms with E-state index in [0.29, 0.717) is 6.61 Å². The number of nitrogens with one attached hydrogen (secondary N) is 1. The SMILES string of the molecule is CCOC(=O)CC(C)NC(=O)C(N)C(C)C. The second-order valence-corrected chi connectivity index (χ2v) is 4.19. The van der Waals surface area contributed by atoms with E-state index in [1.807, 2.05) is 13.8 Å². The lowest BCUT2D eigenvalue weighted by atomic mass is 10.0. The van der Waals surface area contributed by atoms with Crippen molar-refractivity contribution in [1.82, 2.24) is 5.32 Å². The number of nitrogens with two attached hydrogens (primary N) is 1. The molecule has 0 rings (SSSR count). The molecule has 1 amide bonds. The molecule has 0 fully saturated rings. The number of amides is 1.